The van der Waals surface area contributed by atoms with Gasteiger partial charge < -0.3 is 15.1 Å². The molecule has 2 N–H and O–H groups in total. The van der Waals surface area contributed by atoms with E-state index in [1.165, 1.54) is 16.3 Å². The Hall–Kier alpha value is -3.16. The van der Waals surface area contributed by atoms with Crippen molar-refractivity contribution in [1.82, 2.24) is 9.88 Å². The summed E-state index contributed by atoms with van der Waals surface area (Å²) in [5, 5.41) is 18.1. The highest BCUT2D eigenvalue weighted by atomic mass is 35.5. The van der Waals surface area contributed by atoms with Gasteiger partial charge in [-0.1, -0.05) is 48.0 Å². The summed E-state index contributed by atoms with van der Waals surface area (Å²) >= 11 is 5.96. The summed E-state index contributed by atoms with van der Waals surface area (Å²) in [5.74, 6) is -2.54. The molecule has 3 aromatic rings. The number of hydrogen-bond donors (Lipinski definition) is 2. The third-order valence-electron chi connectivity index (χ3n) is 4.83. The highest BCUT2D eigenvalue weighted by Gasteiger charge is 2.19. The number of halogens is 1. The molecule has 0 amide bonds. The number of piperazine rings is 1. The Morgan fingerprint density at radius 2 is 1.53 bits per heavy atom. The zero-order chi connectivity index (χ0) is 21.5. The molecular weight excluding hydrogens is 406 g/mol. The van der Waals surface area contributed by atoms with E-state index in [0.717, 1.165) is 43.6 Å². The molecule has 0 aliphatic carbocycles. The Bertz CT molecular complexity index is 1000. The molecule has 0 saturated carbocycles. The largest absolute Gasteiger partial charge is 0.473 e. The van der Waals surface area contributed by atoms with Crippen LogP contribution in [-0.2, 0) is 16.1 Å². The number of anilines is 1. The van der Waals surface area contributed by atoms with Gasteiger partial charge in [-0.2, -0.15) is 0 Å². The first-order chi connectivity index (χ1) is 14.4. The predicted octanol–water partition coefficient (Wildman–Crippen LogP) is 3.37. The minimum atomic E-state index is -1.82. The second kappa shape index (κ2) is 10.0. The molecule has 1 fully saturated rings. The number of rotatable bonds is 3. The molecule has 0 atom stereocenters. The van der Waals surface area contributed by atoms with Crippen molar-refractivity contribution in [1.29, 1.82) is 0 Å². The number of aromatic nitrogens is 1. The van der Waals surface area contributed by atoms with Gasteiger partial charge in [0.05, 0.1) is 0 Å². The number of fused-ring (bicyclic) bond motifs is 1. The van der Waals surface area contributed by atoms with Crippen molar-refractivity contribution in [2.75, 3.05) is 31.1 Å². The fourth-order valence-electron chi connectivity index (χ4n) is 3.32. The minimum Gasteiger partial charge on any atom is -0.473 e. The van der Waals surface area contributed by atoms with Crippen LogP contribution >= 0.6 is 11.6 Å². The molecule has 0 bridgehead atoms. The molecule has 2 heterocycles. The van der Waals surface area contributed by atoms with Gasteiger partial charge in [0.25, 0.3) is 0 Å². The zero-order valence-corrected chi connectivity index (χ0v) is 17.0. The predicted molar refractivity (Wildman–Crippen MR) is 116 cm³/mol. The number of carboxylic acid groups (broad SMARTS) is 2. The monoisotopic (exact) mass is 427 g/mol. The van der Waals surface area contributed by atoms with Gasteiger partial charge in [-0.3, -0.25) is 4.90 Å². The maximum absolute atomic E-state index is 9.10. The molecule has 1 aliphatic rings. The summed E-state index contributed by atoms with van der Waals surface area (Å²) in [6.45, 7) is 5.10. The molecule has 0 radical (unpaired) electrons. The highest BCUT2D eigenvalue weighted by molar-refractivity contribution is 6.30. The lowest BCUT2D eigenvalue weighted by molar-refractivity contribution is -0.159. The van der Waals surface area contributed by atoms with Crippen LogP contribution in [-0.4, -0.2) is 58.2 Å². The number of pyridine rings is 1. The second-order valence-electron chi connectivity index (χ2n) is 6.86. The van der Waals surface area contributed by atoms with Gasteiger partial charge in [-0.05, 0) is 29.1 Å². The van der Waals surface area contributed by atoms with Crippen molar-refractivity contribution in [3.8, 4) is 0 Å². The van der Waals surface area contributed by atoms with Crippen LogP contribution in [0.15, 0.2) is 60.8 Å². The van der Waals surface area contributed by atoms with Gasteiger partial charge >= 0.3 is 11.9 Å². The summed E-state index contributed by atoms with van der Waals surface area (Å²) in [6, 6.07) is 18.7. The number of nitrogens with zero attached hydrogens (tertiary/aromatic N) is 3. The summed E-state index contributed by atoms with van der Waals surface area (Å²) in [6.07, 6.45) is 1.91. The van der Waals surface area contributed by atoms with E-state index in [-0.39, 0.29) is 0 Å². The van der Waals surface area contributed by atoms with Crippen LogP contribution in [0, 0.1) is 0 Å². The first-order valence-corrected chi connectivity index (χ1v) is 9.83. The maximum atomic E-state index is 9.10. The Balaban J connectivity index is 0.000000377. The lowest BCUT2D eigenvalue weighted by Crippen LogP contribution is -2.46. The van der Waals surface area contributed by atoms with Gasteiger partial charge in [-0.15, -0.1) is 0 Å². The molecule has 7 nitrogen and oxygen atoms in total. The third-order valence-corrected chi connectivity index (χ3v) is 5.08. The van der Waals surface area contributed by atoms with E-state index in [4.69, 9.17) is 31.4 Å². The molecule has 30 heavy (non-hydrogen) atoms. The topological polar surface area (TPSA) is 94.0 Å². The van der Waals surface area contributed by atoms with Crippen molar-refractivity contribution in [2.45, 2.75) is 6.54 Å². The molecule has 1 aromatic heterocycles. The van der Waals surface area contributed by atoms with Crippen molar-refractivity contribution in [3.05, 3.63) is 71.4 Å². The number of carboxylic acids is 2. The van der Waals surface area contributed by atoms with E-state index in [9.17, 15) is 0 Å². The van der Waals surface area contributed by atoms with Crippen molar-refractivity contribution in [3.63, 3.8) is 0 Å². The first-order valence-electron chi connectivity index (χ1n) is 9.46. The average Bonchev–Trinajstić information content (AvgIpc) is 2.76. The molecule has 1 aliphatic heterocycles. The Labute approximate surface area is 179 Å². The Kier molecular flexibility index (Phi) is 7.21. The van der Waals surface area contributed by atoms with Crippen LogP contribution in [0.25, 0.3) is 10.8 Å². The zero-order valence-electron chi connectivity index (χ0n) is 16.2. The normalized spacial score (nSPS) is 14.1. The number of hydrogen-bond acceptors (Lipinski definition) is 5. The Morgan fingerprint density at radius 1 is 0.900 bits per heavy atom. The van der Waals surface area contributed by atoms with E-state index in [0.29, 0.717) is 0 Å². The standard InChI is InChI=1S/C20H20ClN3.C2H2O4/c21-18-7-5-16(6-8-18)15-23-11-13-24(14-12-23)20-19-4-2-1-3-17(19)9-10-22-20;3-1(4)2(5)6/h1-10H,11-15H2;(H,3,4)(H,5,6). The van der Waals surface area contributed by atoms with E-state index < -0.39 is 11.9 Å². The summed E-state index contributed by atoms with van der Waals surface area (Å²) < 4.78 is 0. The second-order valence-corrected chi connectivity index (χ2v) is 7.29. The fraction of sp³-hybridized carbons (Fsp3) is 0.227. The molecule has 1 saturated heterocycles. The van der Waals surface area contributed by atoms with Gasteiger partial charge in [-0.25, -0.2) is 14.6 Å². The number of benzene rings is 2. The highest BCUT2D eigenvalue weighted by Crippen LogP contribution is 2.25. The smallest absolute Gasteiger partial charge is 0.414 e. The van der Waals surface area contributed by atoms with Crippen LogP contribution in [0.3, 0.4) is 0 Å². The lowest BCUT2D eigenvalue weighted by Gasteiger charge is -2.35. The molecule has 156 valence electrons. The van der Waals surface area contributed by atoms with Gasteiger partial charge in [0.2, 0.25) is 0 Å². The van der Waals surface area contributed by atoms with Crippen molar-refractivity contribution >= 4 is 40.1 Å². The molecule has 0 unspecified atom stereocenters. The molecule has 0 spiro atoms. The third kappa shape index (κ3) is 5.68. The number of aliphatic carboxylic acids is 2. The van der Waals surface area contributed by atoms with E-state index in [1.54, 1.807) is 0 Å². The molecule has 8 heteroatoms. The Morgan fingerprint density at radius 3 is 2.17 bits per heavy atom. The first kappa shape index (κ1) is 21.5. The minimum absolute atomic E-state index is 0.797. The van der Waals surface area contributed by atoms with Gasteiger partial charge in [0.1, 0.15) is 5.82 Å². The molecule has 4 rings (SSSR count). The van der Waals surface area contributed by atoms with Crippen LogP contribution in [0.2, 0.25) is 5.02 Å². The maximum Gasteiger partial charge on any atom is 0.414 e. The molecule has 2 aromatic carbocycles. The van der Waals surface area contributed by atoms with E-state index in [1.807, 2.05) is 18.3 Å². The fourth-order valence-corrected chi connectivity index (χ4v) is 3.45. The average molecular weight is 428 g/mol. The number of carbonyl (C=O) groups is 2. The summed E-state index contributed by atoms with van der Waals surface area (Å²) in [4.78, 5) is 27.7. The van der Waals surface area contributed by atoms with Crippen LogP contribution in [0.4, 0.5) is 5.82 Å². The van der Waals surface area contributed by atoms with E-state index >= 15 is 0 Å². The van der Waals surface area contributed by atoms with Crippen LogP contribution in [0.5, 0.6) is 0 Å². The lowest BCUT2D eigenvalue weighted by atomic mass is 10.1. The molecular formula is C22H22ClN3O4. The summed E-state index contributed by atoms with van der Waals surface area (Å²) in [5.41, 5.74) is 1.32. The van der Waals surface area contributed by atoms with Crippen molar-refractivity contribution in [2.24, 2.45) is 0 Å². The quantitative estimate of drug-likeness (QED) is 0.619. The van der Waals surface area contributed by atoms with Crippen LogP contribution < -0.4 is 4.90 Å². The summed E-state index contributed by atoms with van der Waals surface area (Å²) in [7, 11) is 0. The van der Waals surface area contributed by atoms with Crippen molar-refractivity contribution < 1.29 is 19.8 Å². The van der Waals surface area contributed by atoms with Gasteiger partial charge in [0, 0.05) is 49.3 Å². The van der Waals surface area contributed by atoms with E-state index in [2.05, 4.69) is 57.2 Å². The van der Waals surface area contributed by atoms with Gasteiger partial charge in [0.15, 0.2) is 0 Å². The van der Waals surface area contributed by atoms with Crippen LogP contribution in [0.1, 0.15) is 5.56 Å². The SMILES string of the molecule is Clc1ccc(CN2CCN(c3nccc4ccccc34)CC2)cc1.O=C(O)C(=O)O.